The molecule has 0 spiro atoms. The smallest absolute Gasteiger partial charge is 0.234 e. The SMILES string of the molecule is CC[C@@H](Oc1ccccc1)c1nn2c(CN3CCCCC3)nnc2s1. The van der Waals surface area contributed by atoms with Gasteiger partial charge in [0, 0.05) is 0 Å². The van der Waals surface area contributed by atoms with Crippen LogP contribution in [0.5, 0.6) is 5.75 Å². The average Bonchev–Trinajstić information content (AvgIpc) is 3.23. The molecule has 0 radical (unpaired) electrons. The summed E-state index contributed by atoms with van der Waals surface area (Å²) in [6, 6.07) is 9.91. The van der Waals surface area contributed by atoms with E-state index in [4.69, 9.17) is 9.84 Å². The number of hydrogen-bond acceptors (Lipinski definition) is 6. The summed E-state index contributed by atoms with van der Waals surface area (Å²) in [6.07, 6.45) is 4.68. The fourth-order valence-electron chi connectivity index (χ4n) is 3.19. The highest BCUT2D eigenvalue weighted by molar-refractivity contribution is 7.16. The summed E-state index contributed by atoms with van der Waals surface area (Å²) in [4.78, 5) is 3.29. The molecule has 3 aromatic rings. The summed E-state index contributed by atoms with van der Waals surface area (Å²) in [7, 11) is 0. The Morgan fingerprint density at radius 2 is 1.92 bits per heavy atom. The van der Waals surface area contributed by atoms with Crippen molar-refractivity contribution in [1.82, 2.24) is 24.7 Å². The van der Waals surface area contributed by atoms with Crippen LogP contribution in [0, 0.1) is 0 Å². The minimum atomic E-state index is -0.0584. The molecule has 7 heteroatoms. The Labute approximate surface area is 151 Å². The quantitative estimate of drug-likeness (QED) is 0.673. The number of fused-ring (bicyclic) bond motifs is 1. The van der Waals surface area contributed by atoms with Crippen molar-refractivity contribution in [3.63, 3.8) is 0 Å². The average molecular weight is 357 g/mol. The number of piperidine rings is 1. The van der Waals surface area contributed by atoms with Crippen molar-refractivity contribution in [2.45, 2.75) is 45.3 Å². The van der Waals surface area contributed by atoms with Gasteiger partial charge >= 0.3 is 0 Å². The monoisotopic (exact) mass is 357 g/mol. The summed E-state index contributed by atoms with van der Waals surface area (Å²) in [6.45, 7) is 5.21. The van der Waals surface area contributed by atoms with Crippen LogP contribution < -0.4 is 4.74 Å². The largest absolute Gasteiger partial charge is 0.483 e. The third-order valence-electron chi connectivity index (χ3n) is 4.55. The molecule has 132 valence electrons. The van der Waals surface area contributed by atoms with Gasteiger partial charge in [-0.3, -0.25) is 4.90 Å². The van der Waals surface area contributed by atoms with Gasteiger partial charge in [0.1, 0.15) is 5.75 Å². The number of ether oxygens (including phenoxy) is 1. The molecule has 6 nitrogen and oxygen atoms in total. The molecule has 0 aliphatic carbocycles. The van der Waals surface area contributed by atoms with Gasteiger partial charge in [0.2, 0.25) is 4.96 Å². The molecule has 0 N–H and O–H groups in total. The summed E-state index contributed by atoms with van der Waals surface area (Å²) < 4.78 is 8.01. The van der Waals surface area contributed by atoms with Crippen molar-refractivity contribution in [3.8, 4) is 5.75 Å². The van der Waals surface area contributed by atoms with Gasteiger partial charge in [0.25, 0.3) is 0 Å². The predicted molar refractivity (Wildman–Crippen MR) is 97.9 cm³/mol. The number of para-hydroxylation sites is 1. The number of rotatable bonds is 6. The van der Waals surface area contributed by atoms with Crippen molar-refractivity contribution in [3.05, 3.63) is 41.2 Å². The third kappa shape index (κ3) is 3.67. The molecule has 2 aromatic heterocycles. The first-order valence-electron chi connectivity index (χ1n) is 8.98. The van der Waals surface area contributed by atoms with Gasteiger partial charge in [0.15, 0.2) is 16.9 Å². The Kier molecular flexibility index (Phi) is 4.94. The van der Waals surface area contributed by atoms with E-state index in [2.05, 4.69) is 22.0 Å². The number of hydrogen-bond donors (Lipinski definition) is 0. The normalized spacial score (nSPS) is 17.0. The van der Waals surface area contributed by atoms with Crippen LogP contribution in [0.4, 0.5) is 0 Å². The number of benzene rings is 1. The third-order valence-corrected chi connectivity index (χ3v) is 5.54. The molecule has 1 saturated heterocycles. The van der Waals surface area contributed by atoms with Gasteiger partial charge in [-0.25, -0.2) is 0 Å². The first-order chi connectivity index (χ1) is 12.3. The van der Waals surface area contributed by atoms with E-state index < -0.39 is 0 Å². The molecule has 1 atom stereocenters. The zero-order chi connectivity index (χ0) is 17.1. The summed E-state index contributed by atoms with van der Waals surface area (Å²) >= 11 is 1.57. The summed E-state index contributed by atoms with van der Waals surface area (Å²) in [5, 5.41) is 14.4. The Morgan fingerprint density at radius 1 is 1.12 bits per heavy atom. The maximum absolute atomic E-state index is 6.11. The molecule has 0 saturated carbocycles. The van der Waals surface area contributed by atoms with Gasteiger partial charge in [-0.05, 0) is 44.5 Å². The molecule has 0 unspecified atom stereocenters. The first kappa shape index (κ1) is 16.5. The topological polar surface area (TPSA) is 55.6 Å². The maximum atomic E-state index is 6.11. The molecular formula is C18H23N5OS. The van der Waals surface area contributed by atoms with E-state index in [1.54, 1.807) is 11.3 Å². The lowest BCUT2D eigenvalue weighted by Crippen LogP contribution is -2.30. The zero-order valence-corrected chi connectivity index (χ0v) is 15.3. The second-order valence-electron chi connectivity index (χ2n) is 6.42. The first-order valence-corrected chi connectivity index (χ1v) is 9.80. The van der Waals surface area contributed by atoms with Crippen molar-refractivity contribution in [2.24, 2.45) is 0 Å². The van der Waals surface area contributed by atoms with E-state index in [1.165, 1.54) is 19.3 Å². The van der Waals surface area contributed by atoms with Crippen LogP contribution in [0.3, 0.4) is 0 Å². The van der Waals surface area contributed by atoms with Crippen LogP contribution >= 0.6 is 11.3 Å². The molecule has 4 rings (SSSR count). The predicted octanol–water partition coefficient (Wildman–Crippen LogP) is 3.70. The van der Waals surface area contributed by atoms with Gasteiger partial charge in [-0.15, -0.1) is 10.2 Å². The van der Waals surface area contributed by atoms with E-state index in [0.717, 1.165) is 47.6 Å². The molecule has 1 aromatic carbocycles. The molecule has 25 heavy (non-hydrogen) atoms. The van der Waals surface area contributed by atoms with Crippen molar-refractivity contribution in [2.75, 3.05) is 13.1 Å². The van der Waals surface area contributed by atoms with Gasteiger partial charge < -0.3 is 4.74 Å². The van der Waals surface area contributed by atoms with Crippen LogP contribution in [0.15, 0.2) is 30.3 Å². The van der Waals surface area contributed by atoms with Crippen molar-refractivity contribution in [1.29, 1.82) is 0 Å². The van der Waals surface area contributed by atoms with Crippen LogP contribution in [-0.4, -0.2) is 37.8 Å². The van der Waals surface area contributed by atoms with Crippen LogP contribution in [0.25, 0.3) is 4.96 Å². The highest BCUT2D eigenvalue weighted by Gasteiger charge is 2.21. The van der Waals surface area contributed by atoms with Gasteiger partial charge in [0.05, 0.1) is 6.54 Å². The highest BCUT2D eigenvalue weighted by atomic mass is 32.1. The Balaban J connectivity index is 1.53. The summed E-state index contributed by atoms with van der Waals surface area (Å²) in [5.74, 6) is 1.79. The lowest BCUT2D eigenvalue weighted by Gasteiger charge is -2.25. The number of likely N-dealkylation sites (tertiary alicyclic amines) is 1. The van der Waals surface area contributed by atoms with Crippen LogP contribution in [0.1, 0.15) is 49.5 Å². The lowest BCUT2D eigenvalue weighted by molar-refractivity contribution is 0.198. The molecule has 3 heterocycles. The highest BCUT2D eigenvalue weighted by Crippen LogP contribution is 2.28. The van der Waals surface area contributed by atoms with Crippen molar-refractivity contribution >= 4 is 16.3 Å². The van der Waals surface area contributed by atoms with Crippen molar-refractivity contribution < 1.29 is 4.74 Å². The van der Waals surface area contributed by atoms with Crippen LogP contribution in [0.2, 0.25) is 0 Å². The number of nitrogens with zero attached hydrogens (tertiary/aromatic N) is 5. The number of aromatic nitrogens is 4. The fraction of sp³-hybridized carbons (Fsp3) is 0.500. The van der Waals surface area contributed by atoms with E-state index in [9.17, 15) is 0 Å². The Hall–Kier alpha value is -1.99. The standard InChI is InChI=1S/C18H23N5OS/c1-2-15(24-14-9-5-3-6-10-14)17-21-23-16(19-20-18(23)25-17)13-22-11-7-4-8-12-22/h3,5-6,9-10,15H,2,4,7-8,11-13H2,1H3/t15-/m1/s1. The minimum Gasteiger partial charge on any atom is -0.483 e. The molecule has 0 amide bonds. The maximum Gasteiger partial charge on any atom is 0.234 e. The zero-order valence-electron chi connectivity index (χ0n) is 14.5. The second kappa shape index (κ2) is 7.49. The summed E-state index contributed by atoms with van der Waals surface area (Å²) in [5.41, 5.74) is 0. The molecule has 1 fully saturated rings. The van der Waals surface area contributed by atoms with E-state index >= 15 is 0 Å². The minimum absolute atomic E-state index is 0.0584. The van der Waals surface area contributed by atoms with Crippen LogP contribution in [-0.2, 0) is 6.54 Å². The van der Waals surface area contributed by atoms with E-state index in [0.29, 0.717) is 0 Å². The molecule has 1 aliphatic heterocycles. The molecular weight excluding hydrogens is 334 g/mol. The lowest BCUT2D eigenvalue weighted by atomic mass is 10.1. The Morgan fingerprint density at radius 3 is 2.68 bits per heavy atom. The molecule has 0 bridgehead atoms. The Bertz CT molecular complexity index is 809. The second-order valence-corrected chi connectivity index (χ2v) is 7.40. The fourth-order valence-corrected chi connectivity index (χ4v) is 4.16. The van der Waals surface area contributed by atoms with E-state index in [1.807, 2.05) is 34.8 Å². The van der Waals surface area contributed by atoms with E-state index in [-0.39, 0.29) is 6.10 Å². The van der Waals surface area contributed by atoms with Gasteiger partial charge in [-0.1, -0.05) is 42.9 Å². The molecule has 1 aliphatic rings. The van der Waals surface area contributed by atoms with Gasteiger partial charge in [-0.2, -0.15) is 9.61 Å².